The van der Waals surface area contributed by atoms with E-state index in [1.54, 1.807) is 0 Å². The van der Waals surface area contributed by atoms with Gasteiger partial charge in [0, 0.05) is 22.1 Å². The van der Waals surface area contributed by atoms with Gasteiger partial charge in [-0.25, -0.2) is 0 Å². The van der Waals surface area contributed by atoms with Gasteiger partial charge in [-0.2, -0.15) is 0 Å². The number of Topliss-reactive ketones (excluding diaryl/α,β-unsaturated/α-hetero) is 1. The predicted octanol–water partition coefficient (Wildman–Crippen LogP) is 6.85. The van der Waals surface area contributed by atoms with Gasteiger partial charge < -0.3 is 0 Å². The summed E-state index contributed by atoms with van der Waals surface area (Å²) in [5.41, 5.74) is 6.95. The van der Waals surface area contributed by atoms with Crippen molar-refractivity contribution in [1.82, 2.24) is 0 Å². The molecule has 0 spiro atoms. The average molecular weight is 417 g/mol. The third-order valence-electron chi connectivity index (χ3n) is 7.58. The molecular formula is C30H24O2. The van der Waals surface area contributed by atoms with Crippen LogP contribution in [0, 0.1) is 0 Å². The number of ketones is 2. The van der Waals surface area contributed by atoms with Crippen molar-refractivity contribution in [1.29, 1.82) is 0 Å². The van der Waals surface area contributed by atoms with Crippen LogP contribution in [0.5, 0.6) is 0 Å². The van der Waals surface area contributed by atoms with Crippen molar-refractivity contribution in [2.45, 2.75) is 38.5 Å². The lowest BCUT2D eigenvalue weighted by atomic mass is 9.68. The Balaban J connectivity index is 1.58. The minimum absolute atomic E-state index is 0.0926. The number of hydrogen-bond donors (Lipinski definition) is 0. The molecule has 2 aliphatic carbocycles. The molecule has 2 aliphatic rings. The van der Waals surface area contributed by atoms with Gasteiger partial charge in [-0.1, -0.05) is 68.4 Å². The van der Waals surface area contributed by atoms with Gasteiger partial charge in [0.05, 0.1) is 5.41 Å². The summed E-state index contributed by atoms with van der Waals surface area (Å²) in [4.78, 5) is 26.2. The summed E-state index contributed by atoms with van der Waals surface area (Å²) in [5.74, 6) is 0.277. The highest BCUT2D eigenvalue weighted by Crippen LogP contribution is 2.46. The summed E-state index contributed by atoms with van der Waals surface area (Å²) < 4.78 is 0. The standard InChI is InChI=1S/C30H24O2/c1-29(2)23-11-6-5-9-20(23)27(31)21-13-12-17(15-24(21)29)19-14-18-8-7-10-22-26(18)25(16-19)30(3,4)28(22)32/h5-16H,1-4H3. The first-order valence-electron chi connectivity index (χ1n) is 11.1. The van der Waals surface area contributed by atoms with Crippen LogP contribution in [0.1, 0.15) is 70.7 Å². The van der Waals surface area contributed by atoms with E-state index in [9.17, 15) is 9.59 Å². The molecule has 0 heterocycles. The molecular weight excluding hydrogens is 392 g/mol. The summed E-state index contributed by atoms with van der Waals surface area (Å²) in [6, 6.07) is 24.5. The summed E-state index contributed by atoms with van der Waals surface area (Å²) in [6.07, 6.45) is 0. The van der Waals surface area contributed by atoms with Crippen molar-refractivity contribution >= 4 is 22.3 Å². The lowest BCUT2D eigenvalue weighted by Gasteiger charge is -2.34. The first-order valence-corrected chi connectivity index (χ1v) is 11.1. The summed E-state index contributed by atoms with van der Waals surface area (Å²) >= 11 is 0. The highest BCUT2D eigenvalue weighted by Gasteiger charge is 2.40. The molecule has 4 aromatic carbocycles. The second kappa shape index (κ2) is 6.04. The normalized spacial score (nSPS) is 17.4. The first kappa shape index (κ1) is 19.2. The summed E-state index contributed by atoms with van der Waals surface area (Å²) in [5, 5.41) is 2.17. The molecule has 0 radical (unpaired) electrons. The van der Waals surface area contributed by atoms with Crippen molar-refractivity contribution in [2.75, 3.05) is 0 Å². The zero-order valence-corrected chi connectivity index (χ0v) is 18.7. The number of carbonyl (C=O) groups is 2. The zero-order chi connectivity index (χ0) is 22.4. The second-order valence-electron chi connectivity index (χ2n) is 10.1. The molecule has 0 bridgehead atoms. The van der Waals surface area contributed by atoms with Crippen LogP contribution < -0.4 is 0 Å². The molecule has 0 amide bonds. The maximum atomic E-state index is 13.2. The van der Waals surface area contributed by atoms with E-state index in [1.807, 2.05) is 56.3 Å². The highest BCUT2D eigenvalue weighted by atomic mass is 16.1. The van der Waals surface area contributed by atoms with Crippen molar-refractivity contribution in [2.24, 2.45) is 0 Å². The largest absolute Gasteiger partial charge is 0.293 e. The Labute approximate surface area is 187 Å². The molecule has 0 atom stereocenters. The fourth-order valence-corrected chi connectivity index (χ4v) is 5.69. The average Bonchev–Trinajstić information content (AvgIpc) is 2.99. The molecule has 0 fully saturated rings. The molecule has 6 rings (SSSR count). The van der Waals surface area contributed by atoms with Crippen molar-refractivity contribution in [3.8, 4) is 11.1 Å². The van der Waals surface area contributed by atoms with Crippen LogP contribution in [0.3, 0.4) is 0 Å². The van der Waals surface area contributed by atoms with E-state index < -0.39 is 5.41 Å². The van der Waals surface area contributed by atoms with Crippen molar-refractivity contribution < 1.29 is 9.59 Å². The molecule has 2 heteroatoms. The fraction of sp³-hybridized carbons (Fsp3) is 0.200. The topological polar surface area (TPSA) is 34.1 Å². The van der Waals surface area contributed by atoms with E-state index in [1.165, 1.54) is 0 Å². The van der Waals surface area contributed by atoms with Gasteiger partial charge >= 0.3 is 0 Å². The molecule has 0 unspecified atom stereocenters. The monoisotopic (exact) mass is 416 g/mol. The van der Waals surface area contributed by atoms with Crippen LogP contribution in [0.4, 0.5) is 0 Å². The van der Waals surface area contributed by atoms with Gasteiger partial charge in [-0.05, 0) is 70.6 Å². The number of fused-ring (bicyclic) bond motifs is 2. The highest BCUT2D eigenvalue weighted by molar-refractivity contribution is 6.20. The molecule has 0 N–H and O–H groups in total. The van der Waals surface area contributed by atoms with E-state index in [4.69, 9.17) is 0 Å². The summed E-state index contributed by atoms with van der Waals surface area (Å²) in [6.45, 7) is 8.41. The molecule has 4 aromatic rings. The van der Waals surface area contributed by atoms with E-state index >= 15 is 0 Å². The minimum Gasteiger partial charge on any atom is -0.293 e. The maximum absolute atomic E-state index is 13.2. The van der Waals surface area contributed by atoms with E-state index in [2.05, 4.69) is 44.2 Å². The molecule has 0 saturated heterocycles. The van der Waals surface area contributed by atoms with Gasteiger partial charge in [0.2, 0.25) is 0 Å². The number of benzene rings is 4. The minimum atomic E-state index is -0.541. The number of rotatable bonds is 1. The van der Waals surface area contributed by atoms with Crippen LogP contribution in [0.2, 0.25) is 0 Å². The Kier molecular flexibility index (Phi) is 3.62. The molecule has 2 nitrogen and oxygen atoms in total. The Morgan fingerprint density at radius 3 is 2.06 bits per heavy atom. The Morgan fingerprint density at radius 1 is 0.562 bits per heavy atom. The lowest BCUT2D eigenvalue weighted by molar-refractivity contribution is 0.0919. The quantitative estimate of drug-likeness (QED) is 0.340. The van der Waals surface area contributed by atoms with Gasteiger partial charge in [-0.15, -0.1) is 0 Å². The SMILES string of the molecule is CC1(C)C(=O)c2cccc3cc(-c4ccc5c(c4)C(C)(C)c4ccccc4C5=O)cc1c23. The molecule has 156 valence electrons. The van der Waals surface area contributed by atoms with Gasteiger partial charge in [0.1, 0.15) is 0 Å². The number of carbonyl (C=O) groups excluding carboxylic acids is 2. The maximum Gasteiger partial charge on any atom is 0.193 e. The molecule has 0 aromatic heterocycles. The van der Waals surface area contributed by atoms with Crippen molar-refractivity contribution in [3.05, 3.63) is 106 Å². The Hall–Kier alpha value is -3.52. The number of hydrogen-bond acceptors (Lipinski definition) is 2. The van der Waals surface area contributed by atoms with E-state index in [0.717, 1.165) is 55.3 Å². The van der Waals surface area contributed by atoms with Crippen LogP contribution in [0.15, 0.2) is 72.8 Å². The second-order valence-corrected chi connectivity index (χ2v) is 10.1. The Morgan fingerprint density at radius 2 is 1.25 bits per heavy atom. The van der Waals surface area contributed by atoms with Crippen LogP contribution >= 0.6 is 0 Å². The van der Waals surface area contributed by atoms with E-state index in [0.29, 0.717) is 0 Å². The van der Waals surface area contributed by atoms with Crippen LogP contribution in [0.25, 0.3) is 21.9 Å². The molecule has 0 saturated carbocycles. The smallest absolute Gasteiger partial charge is 0.193 e. The third kappa shape index (κ3) is 2.30. The third-order valence-corrected chi connectivity index (χ3v) is 7.58. The van der Waals surface area contributed by atoms with Gasteiger partial charge in [-0.3, -0.25) is 9.59 Å². The van der Waals surface area contributed by atoms with Gasteiger partial charge in [0.15, 0.2) is 11.6 Å². The van der Waals surface area contributed by atoms with Crippen molar-refractivity contribution in [3.63, 3.8) is 0 Å². The zero-order valence-electron chi connectivity index (χ0n) is 18.7. The molecule has 0 aliphatic heterocycles. The van der Waals surface area contributed by atoms with Crippen LogP contribution in [-0.2, 0) is 10.8 Å². The van der Waals surface area contributed by atoms with Crippen LogP contribution in [-0.4, -0.2) is 11.6 Å². The van der Waals surface area contributed by atoms with Gasteiger partial charge in [0.25, 0.3) is 0 Å². The van der Waals surface area contributed by atoms with E-state index in [-0.39, 0.29) is 17.0 Å². The fourth-order valence-electron chi connectivity index (χ4n) is 5.69. The lowest BCUT2D eigenvalue weighted by Crippen LogP contribution is -2.30. The Bertz CT molecular complexity index is 1500. The molecule has 32 heavy (non-hydrogen) atoms. The first-order chi connectivity index (χ1) is 15.2. The predicted molar refractivity (Wildman–Crippen MR) is 129 cm³/mol. The summed E-state index contributed by atoms with van der Waals surface area (Å²) in [7, 11) is 0.